The minimum absolute atomic E-state index is 0. The van der Waals surface area contributed by atoms with E-state index in [-0.39, 0.29) is 13.3 Å². The monoisotopic (exact) mass is 430 g/mol. The Labute approximate surface area is 194 Å². The van der Waals surface area contributed by atoms with Crippen molar-refractivity contribution in [3.63, 3.8) is 0 Å². The van der Waals surface area contributed by atoms with Crippen LogP contribution in [-0.2, 0) is 6.42 Å². The Morgan fingerprint density at radius 1 is 0.938 bits per heavy atom. The highest BCUT2D eigenvalue weighted by molar-refractivity contribution is 5.48. The summed E-state index contributed by atoms with van der Waals surface area (Å²) in [5.41, 5.74) is 5.30. The van der Waals surface area contributed by atoms with Crippen LogP contribution >= 0.6 is 0 Å². The van der Waals surface area contributed by atoms with E-state index in [2.05, 4.69) is 74.5 Å². The summed E-state index contributed by atoms with van der Waals surface area (Å²) in [6.07, 6.45) is 5.68. The molecule has 0 heterocycles. The van der Waals surface area contributed by atoms with Gasteiger partial charge in [-0.3, -0.25) is 0 Å². The molecule has 1 aliphatic carbocycles. The highest BCUT2D eigenvalue weighted by Crippen LogP contribution is 2.47. The number of benzene rings is 3. The molecule has 0 saturated carbocycles. The normalized spacial score (nSPS) is 18.3. The zero-order valence-electron chi connectivity index (χ0n) is 18.8. The molecule has 0 amide bonds. The van der Waals surface area contributed by atoms with Crippen molar-refractivity contribution in [1.29, 1.82) is 0 Å². The van der Waals surface area contributed by atoms with Gasteiger partial charge in [-0.2, -0.15) is 0 Å². The molecule has 0 saturated heterocycles. The van der Waals surface area contributed by atoms with Gasteiger partial charge in [-0.05, 0) is 77.6 Å². The van der Waals surface area contributed by atoms with E-state index >= 15 is 0 Å². The molecule has 0 aliphatic heterocycles. The largest absolute Gasteiger partial charge is 0.508 e. The van der Waals surface area contributed by atoms with Crippen molar-refractivity contribution in [3.05, 3.63) is 95.1 Å². The molecule has 1 N–H and O–H groups in total. The van der Waals surface area contributed by atoms with Crippen LogP contribution in [0.5, 0.6) is 11.5 Å². The maximum absolute atomic E-state index is 10.0. The lowest BCUT2D eigenvalue weighted by atomic mass is 9.69. The fourth-order valence-electron chi connectivity index (χ4n) is 5.06. The zero-order chi connectivity index (χ0) is 21.6. The molecule has 2 heteroatoms. The molecule has 3 aromatic carbocycles. The predicted octanol–water partition coefficient (Wildman–Crippen LogP) is 8.10. The average molecular weight is 431 g/mol. The number of phenolic OH excluding ortho intramolecular Hbond substituents is 1. The highest BCUT2D eigenvalue weighted by atomic mass is 16.5. The molecule has 1 unspecified atom stereocenters. The maximum Gasteiger partial charge on any atom is 0.119 e. The number of fused-ring (bicyclic) bond motifs is 1. The van der Waals surface area contributed by atoms with E-state index in [9.17, 15) is 5.11 Å². The molecule has 32 heavy (non-hydrogen) atoms. The standard InChI is InChI=1S/C29H34O2.CH4/c1-3-7-21(2)18-19-31-26-14-10-23(11-15-26)29-27(22-8-5-4-6-9-22)16-12-24-20-25(30)13-17-28(24)29;/h4-6,8-11,13-15,17,20-21,27,29-30H,3,7,12,16,18-19H2,1-2H3;1H4/t21?,27-,29+;/m1./s1. The second-order valence-corrected chi connectivity index (χ2v) is 9.02. The Kier molecular flexibility index (Phi) is 8.39. The minimum Gasteiger partial charge on any atom is -0.508 e. The summed E-state index contributed by atoms with van der Waals surface area (Å²) >= 11 is 0. The van der Waals surface area contributed by atoms with Crippen LogP contribution < -0.4 is 4.74 Å². The van der Waals surface area contributed by atoms with Gasteiger partial charge in [0.1, 0.15) is 11.5 Å². The molecule has 1 aliphatic rings. The van der Waals surface area contributed by atoms with E-state index < -0.39 is 0 Å². The minimum atomic E-state index is 0. The smallest absolute Gasteiger partial charge is 0.119 e. The van der Waals surface area contributed by atoms with Gasteiger partial charge in [-0.15, -0.1) is 0 Å². The van der Waals surface area contributed by atoms with Crippen molar-refractivity contribution in [2.45, 2.75) is 65.2 Å². The summed E-state index contributed by atoms with van der Waals surface area (Å²) in [6.45, 7) is 5.32. The lowest BCUT2D eigenvalue weighted by Gasteiger charge is -2.34. The molecule has 0 aromatic heterocycles. The first-order chi connectivity index (χ1) is 15.2. The number of aryl methyl sites for hydroxylation is 1. The van der Waals surface area contributed by atoms with E-state index in [1.165, 1.54) is 35.1 Å². The van der Waals surface area contributed by atoms with E-state index in [0.29, 0.717) is 17.6 Å². The highest BCUT2D eigenvalue weighted by Gasteiger charge is 2.32. The van der Waals surface area contributed by atoms with Gasteiger partial charge < -0.3 is 9.84 Å². The molecule has 3 aromatic rings. The topological polar surface area (TPSA) is 29.5 Å². The van der Waals surface area contributed by atoms with Crippen molar-refractivity contribution in [1.82, 2.24) is 0 Å². The third-order valence-corrected chi connectivity index (χ3v) is 6.72. The fraction of sp³-hybridized carbons (Fsp3) is 0.400. The van der Waals surface area contributed by atoms with Crippen LogP contribution in [0, 0.1) is 5.92 Å². The van der Waals surface area contributed by atoms with Gasteiger partial charge in [-0.1, -0.05) is 82.6 Å². The van der Waals surface area contributed by atoms with Gasteiger partial charge >= 0.3 is 0 Å². The van der Waals surface area contributed by atoms with Crippen molar-refractivity contribution in [2.24, 2.45) is 5.92 Å². The summed E-state index contributed by atoms with van der Waals surface area (Å²) < 4.78 is 6.03. The molecular formula is C30H38O2. The third-order valence-electron chi connectivity index (χ3n) is 6.72. The summed E-state index contributed by atoms with van der Waals surface area (Å²) in [7, 11) is 0. The van der Waals surface area contributed by atoms with Gasteiger partial charge in [0, 0.05) is 5.92 Å². The van der Waals surface area contributed by atoms with E-state index in [1.807, 2.05) is 12.1 Å². The molecule has 4 rings (SSSR count). The van der Waals surface area contributed by atoms with Gasteiger partial charge in [-0.25, -0.2) is 0 Å². The molecule has 2 nitrogen and oxygen atoms in total. The van der Waals surface area contributed by atoms with Crippen molar-refractivity contribution < 1.29 is 9.84 Å². The Bertz CT molecular complexity index is 962. The first-order valence-electron chi connectivity index (χ1n) is 11.7. The summed E-state index contributed by atoms with van der Waals surface area (Å²) in [6, 6.07) is 25.4. The Hall–Kier alpha value is -2.74. The van der Waals surface area contributed by atoms with Crippen LogP contribution in [0.25, 0.3) is 0 Å². The number of aromatic hydroxyl groups is 1. The quantitative estimate of drug-likeness (QED) is 0.391. The number of rotatable bonds is 8. The van der Waals surface area contributed by atoms with Crippen molar-refractivity contribution in [2.75, 3.05) is 6.61 Å². The number of hydrogen-bond acceptors (Lipinski definition) is 2. The number of hydrogen-bond donors (Lipinski definition) is 1. The second kappa shape index (κ2) is 11.2. The van der Waals surface area contributed by atoms with Gasteiger partial charge in [0.25, 0.3) is 0 Å². The van der Waals surface area contributed by atoms with E-state index in [0.717, 1.165) is 31.6 Å². The lowest BCUT2D eigenvalue weighted by Crippen LogP contribution is -2.20. The summed E-state index contributed by atoms with van der Waals surface area (Å²) in [4.78, 5) is 0. The van der Waals surface area contributed by atoms with Crippen LogP contribution in [-0.4, -0.2) is 11.7 Å². The third kappa shape index (κ3) is 5.54. The molecule has 0 fully saturated rings. The van der Waals surface area contributed by atoms with Crippen LogP contribution in [0.3, 0.4) is 0 Å². The predicted molar refractivity (Wildman–Crippen MR) is 135 cm³/mol. The van der Waals surface area contributed by atoms with Gasteiger partial charge in [0.15, 0.2) is 0 Å². The fourth-order valence-corrected chi connectivity index (χ4v) is 5.06. The first-order valence-corrected chi connectivity index (χ1v) is 11.7. The molecule has 0 spiro atoms. The maximum atomic E-state index is 10.0. The van der Waals surface area contributed by atoms with E-state index in [1.54, 1.807) is 0 Å². The molecule has 0 bridgehead atoms. The zero-order valence-corrected chi connectivity index (χ0v) is 18.8. The van der Waals surface area contributed by atoms with Gasteiger partial charge in [0.05, 0.1) is 6.61 Å². The number of ether oxygens (including phenoxy) is 1. The molecule has 3 atom stereocenters. The Morgan fingerprint density at radius 2 is 1.69 bits per heavy atom. The molecular weight excluding hydrogens is 392 g/mol. The van der Waals surface area contributed by atoms with Gasteiger partial charge in [0.2, 0.25) is 0 Å². The van der Waals surface area contributed by atoms with Crippen molar-refractivity contribution >= 4 is 0 Å². The molecule has 0 radical (unpaired) electrons. The first kappa shape index (κ1) is 23.9. The number of phenols is 1. The molecule has 170 valence electrons. The average Bonchev–Trinajstić information content (AvgIpc) is 2.79. The second-order valence-electron chi connectivity index (χ2n) is 9.02. The summed E-state index contributed by atoms with van der Waals surface area (Å²) in [5, 5.41) is 10.0. The Balaban J connectivity index is 0.00000289. The van der Waals surface area contributed by atoms with E-state index in [4.69, 9.17) is 4.74 Å². The van der Waals surface area contributed by atoms with Crippen molar-refractivity contribution in [3.8, 4) is 11.5 Å². The van der Waals surface area contributed by atoms with Crippen LogP contribution in [0.1, 0.15) is 81.0 Å². The lowest BCUT2D eigenvalue weighted by molar-refractivity contribution is 0.278. The van der Waals surface area contributed by atoms with Crippen LogP contribution in [0.4, 0.5) is 0 Å². The SMILES string of the molecule is C.CCCC(C)CCOc1ccc([C@@H]2c3ccc(O)cc3CC[C@@H]2c2ccccc2)cc1. The van der Waals surface area contributed by atoms with Crippen LogP contribution in [0.2, 0.25) is 0 Å². The summed E-state index contributed by atoms with van der Waals surface area (Å²) in [5.74, 6) is 2.73. The Morgan fingerprint density at radius 3 is 2.41 bits per heavy atom. The van der Waals surface area contributed by atoms with Crippen LogP contribution in [0.15, 0.2) is 72.8 Å².